The molecular formula is C9H7BrF2O. The zero-order chi connectivity index (χ0) is 10.0. The lowest BCUT2D eigenvalue weighted by atomic mass is 10.1. The van der Waals surface area contributed by atoms with Crippen molar-refractivity contribution in [3.05, 3.63) is 46.5 Å². The van der Waals surface area contributed by atoms with E-state index in [-0.39, 0.29) is 10.0 Å². The van der Waals surface area contributed by atoms with E-state index < -0.39 is 17.7 Å². The van der Waals surface area contributed by atoms with Crippen LogP contribution in [0.3, 0.4) is 0 Å². The highest BCUT2D eigenvalue weighted by Crippen LogP contribution is 2.25. The fourth-order valence-corrected chi connectivity index (χ4v) is 1.20. The van der Waals surface area contributed by atoms with Gasteiger partial charge in [-0.1, -0.05) is 12.1 Å². The first-order valence-corrected chi connectivity index (χ1v) is 4.31. The molecule has 0 heterocycles. The van der Waals surface area contributed by atoms with E-state index in [1.54, 1.807) is 0 Å². The van der Waals surface area contributed by atoms with Gasteiger partial charge in [0.15, 0.2) is 11.6 Å². The predicted octanol–water partition coefficient (Wildman–Crippen LogP) is 2.95. The average Bonchev–Trinajstić information content (AvgIpc) is 2.13. The molecule has 0 amide bonds. The molecule has 0 saturated heterocycles. The lowest BCUT2D eigenvalue weighted by Crippen LogP contribution is -2.00. The molecule has 1 unspecified atom stereocenters. The van der Waals surface area contributed by atoms with E-state index in [0.717, 1.165) is 6.08 Å². The Bertz CT molecular complexity index is 339. The monoisotopic (exact) mass is 248 g/mol. The summed E-state index contributed by atoms with van der Waals surface area (Å²) in [5.41, 5.74) is -0.115. The summed E-state index contributed by atoms with van der Waals surface area (Å²) in [6, 6.07) is 2.63. The summed E-state index contributed by atoms with van der Waals surface area (Å²) in [7, 11) is 0. The Balaban J connectivity index is 3.25. The zero-order valence-corrected chi connectivity index (χ0v) is 8.18. The molecule has 1 atom stereocenters. The van der Waals surface area contributed by atoms with Gasteiger partial charge in [0.2, 0.25) is 0 Å². The van der Waals surface area contributed by atoms with Gasteiger partial charge in [-0.25, -0.2) is 8.78 Å². The van der Waals surface area contributed by atoms with Crippen molar-refractivity contribution in [2.75, 3.05) is 0 Å². The minimum absolute atomic E-state index is 0.0324. The van der Waals surface area contributed by atoms with Crippen LogP contribution in [0.25, 0.3) is 0 Å². The Labute approximate surface area is 82.8 Å². The molecule has 1 aromatic carbocycles. The molecule has 1 N–H and O–H groups in total. The lowest BCUT2D eigenvalue weighted by molar-refractivity contribution is 0.222. The van der Waals surface area contributed by atoms with Gasteiger partial charge in [0, 0.05) is 5.56 Å². The van der Waals surface area contributed by atoms with Crippen LogP contribution in [-0.2, 0) is 0 Å². The smallest absolute Gasteiger partial charge is 0.173 e. The molecule has 0 aromatic heterocycles. The molecule has 13 heavy (non-hydrogen) atoms. The molecule has 0 radical (unpaired) electrons. The molecule has 0 aliphatic carbocycles. The molecule has 4 heteroatoms. The quantitative estimate of drug-likeness (QED) is 0.631. The first-order valence-electron chi connectivity index (χ1n) is 3.52. The topological polar surface area (TPSA) is 20.2 Å². The van der Waals surface area contributed by atoms with E-state index in [0.29, 0.717) is 0 Å². The second-order valence-corrected chi connectivity index (χ2v) is 3.30. The van der Waals surface area contributed by atoms with Crippen LogP contribution in [-0.4, -0.2) is 5.11 Å². The lowest BCUT2D eigenvalue weighted by Gasteiger charge is -2.07. The summed E-state index contributed by atoms with van der Waals surface area (Å²) in [6.07, 6.45) is -0.0474. The van der Waals surface area contributed by atoms with Crippen LogP contribution in [0.2, 0.25) is 0 Å². The van der Waals surface area contributed by atoms with Gasteiger partial charge in [-0.05, 0) is 22.0 Å². The number of benzene rings is 1. The Hall–Kier alpha value is -0.740. The molecule has 1 nitrogen and oxygen atoms in total. The minimum Gasteiger partial charge on any atom is -0.384 e. The van der Waals surface area contributed by atoms with Crippen molar-refractivity contribution in [3.63, 3.8) is 0 Å². The third-order valence-electron chi connectivity index (χ3n) is 1.61. The number of halogens is 3. The minimum atomic E-state index is -1.18. The maximum atomic E-state index is 13.1. The molecule has 1 aromatic rings. The van der Waals surface area contributed by atoms with Crippen molar-refractivity contribution in [1.29, 1.82) is 0 Å². The standard InChI is InChI=1S/C9H7BrF2O/c1-2-7(13)5-3-4-6(10)9(12)8(5)11/h2-4,7,13H,1H2. The maximum absolute atomic E-state index is 13.1. The summed E-state index contributed by atoms with van der Waals surface area (Å²) in [6.45, 7) is 3.28. The van der Waals surface area contributed by atoms with Crippen molar-refractivity contribution in [3.8, 4) is 0 Å². The third-order valence-corrected chi connectivity index (χ3v) is 2.22. The van der Waals surface area contributed by atoms with Gasteiger partial charge < -0.3 is 5.11 Å². The number of aliphatic hydroxyl groups excluding tert-OH is 1. The summed E-state index contributed by atoms with van der Waals surface area (Å²) < 4.78 is 26.0. The molecule has 1 rings (SSSR count). The fraction of sp³-hybridized carbons (Fsp3) is 0.111. The number of aliphatic hydroxyl groups is 1. The SMILES string of the molecule is C=CC(O)c1ccc(Br)c(F)c1F. The van der Waals surface area contributed by atoms with E-state index in [4.69, 9.17) is 0 Å². The first kappa shape index (κ1) is 10.3. The average molecular weight is 249 g/mol. The summed E-state index contributed by atoms with van der Waals surface area (Å²) in [5, 5.41) is 9.19. The van der Waals surface area contributed by atoms with Crippen LogP contribution in [0.5, 0.6) is 0 Å². The van der Waals surface area contributed by atoms with Crippen LogP contribution in [0.15, 0.2) is 29.3 Å². The van der Waals surface area contributed by atoms with Crippen molar-refractivity contribution in [2.45, 2.75) is 6.10 Å². The van der Waals surface area contributed by atoms with Crippen LogP contribution in [0, 0.1) is 11.6 Å². The van der Waals surface area contributed by atoms with Crippen molar-refractivity contribution < 1.29 is 13.9 Å². The van der Waals surface area contributed by atoms with Gasteiger partial charge in [0.25, 0.3) is 0 Å². The molecule has 70 valence electrons. The van der Waals surface area contributed by atoms with Crippen molar-refractivity contribution >= 4 is 15.9 Å². The Kier molecular flexibility index (Phi) is 3.17. The predicted molar refractivity (Wildman–Crippen MR) is 49.2 cm³/mol. The highest BCUT2D eigenvalue weighted by atomic mass is 79.9. The zero-order valence-electron chi connectivity index (χ0n) is 6.60. The number of hydrogen-bond acceptors (Lipinski definition) is 1. The fourth-order valence-electron chi connectivity index (χ4n) is 0.896. The van der Waals surface area contributed by atoms with Gasteiger partial charge >= 0.3 is 0 Å². The second kappa shape index (κ2) is 3.98. The van der Waals surface area contributed by atoms with Crippen LogP contribution >= 0.6 is 15.9 Å². The molecular weight excluding hydrogens is 242 g/mol. The van der Waals surface area contributed by atoms with Gasteiger partial charge in [0.05, 0.1) is 10.6 Å². The molecule has 0 fully saturated rings. The third kappa shape index (κ3) is 1.95. The normalized spacial score (nSPS) is 12.6. The second-order valence-electron chi connectivity index (χ2n) is 2.45. The van der Waals surface area contributed by atoms with E-state index in [9.17, 15) is 13.9 Å². The first-order chi connectivity index (χ1) is 6.07. The molecule has 0 aliphatic heterocycles. The van der Waals surface area contributed by atoms with Gasteiger partial charge in [-0.2, -0.15) is 0 Å². The van der Waals surface area contributed by atoms with Crippen molar-refractivity contribution in [1.82, 2.24) is 0 Å². The van der Waals surface area contributed by atoms with Crippen LogP contribution in [0.4, 0.5) is 8.78 Å². The highest BCUT2D eigenvalue weighted by molar-refractivity contribution is 9.10. The summed E-state index contributed by atoms with van der Waals surface area (Å²) in [4.78, 5) is 0. The highest BCUT2D eigenvalue weighted by Gasteiger charge is 2.15. The largest absolute Gasteiger partial charge is 0.384 e. The molecule has 0 aliphatic rings. The molecule has 0 bridgehead atoms. The summed E-state index contributed by atoms with van der Waals surface area (Å²) >= 11 is 2.83. The van der Waals surface area contributed by atoms with E-state index in [1.165, 1.54) is 12.1 Å². The molecule has 0 spiro atoms. The van der Waals surface area contributed by atoms with Crippen LogP contribution < -0.4 is 0 Å². The Morgan fingerprint density at radius 2 is 2.00 bits per heavy atom. The van der Waals surface area contributed by atoms with E-state index in [2.05, 4.69) is 22.5 Å². The van der Waals surface area contributed by atoms with Crippen LogP contribution in [0.1, 0.15) is 11.7 Å². The number of hydrogen-bond donors (Lipinski definition) is 1. The van der Waals surface area contributed by atoms with Crippen molar-refractivity contribution in [2.24, 2.45) is 0 Å². The van der Waals surface area contributed by atoms with E-state index >= 15 is 0 Å². The van der Waals surface area contributed by atoms with Gasteiger partial charge in [0.1, 0.15) is 0 Å². The molecule has 0 saturated carbocycles. The maximum Gasteiger partial charge on any atom is 0.173 e. The Morgan fingerprint density at radius 1 is 1.38 bits per heavy atom. The Morgan fingerprint density at radius 3 is 2.54 bits per heavy atom. The van der Waals surface area contributed by atoms with Gasteiger partial charge in [-0.3, -0.25) is 0 Å². The van der Waals surface area contributed by atoms with Gasteiger partial charge in [-0.15, -0.1) is 6.58 Å². The van der Waals surface area contributed by atoms with E-state index in [1.807, 2.05) is 0 Å². The number of rotatable bonds is 2. The summed E-state index contributed by atoms with van der Waals surface area (Å²) in [5.74, 6) is -2.06.